The number of aromatic nitrogens is 4. The van der Waals surface area contributed by atoms with E-state index in [2.05, 4.69) is 302 Å². The number of para-hydroxylation sites is 6. The minimum atomic E-state index is 1.15. The molecule has 0 radical (unpaired) electrons. The standard InChI is InChI=1S/C36H22N2S.C24H16N2.C12H7BrS/c1-2-10-23(11-3-1)37-29-15-7-4-13-26(29)35-31(37)19-20-32-36(35)27-14-5-8-16-30(27)38(32)24-18-21-34-28(22-24)25-12-6-9-17-33(25)39-34;1-2-8-16(9-3-1)26-21-13-7-5-11-18(21)24-22(26)15-14-20-23(24)17-10-4-6-12-19(17)25-20;13-8-5-6-12-10(7-8)9-3-1-2-4-11(9)14-12/h1-22H;1-15,25H;1-7H. The van der Waals surface area contributed by atoms with Gasteiger partial charge in [-0.25, -0.2) is 0 Å². The van der Waals surface area contributed by atoms with Crippen LogP contribution in [0.25, 0.3) is 145 Å². The van der Waals surface area contributed by atoms with Gasteiger partial charge in [-0.05, 0) is 121 Å². The van der Waals surface area contributed by atoms with Crippen LogP contribution in [0, 0.1) is 0 Å². The molecule has 0 bridgehead atoms. The normalized spacial score (nSPS) is 11.9. The lowest BCUT2D eigenvalue weighted by molar-refractivity contribution is 1.17. The third-order valence-electron chi connectivity index (χ3n) is 15.8. The molecule has 18 aromatic rings. The summed E-state index contributed by atoms with van der Waals surface area (Å²) < 4.78 is 13.7. The molecule has 7 heteroatoms. The minimum absolute atomic E-state index is 1.15. The van der Waals surface area contributed by atoms with Crippen molar-refractivity contribution in [2.75, 3.05) is 0 Å². The number of halogens is 1. The Kier molecular flexibility index (Phi) is 10.7. The van der Waals surface area contributed by atoms with E-state index in [1.807, 2.05) is 22.7 Å². The van der Waals surface area contributed by atoms with Crippen molar-refractivity contribution in [1.82, 2.24) is 18.7 Å². The van der Waals surface area contributed by atoms with Gasteiger partial charge < -0.3 is 18.7 Å². The molecule has 0 unspecified atom stereocenters. The number of nitrogens with zero attached hydrogens (tertiary/aromatic N) is 3. The number of nitrogens with one attached hydrogen (secondary N) is 1. The maximum Gasteiger partial charge on any atom is 0.0548 e. The van der Waals surface area contributed by atoms with Gasteiger partial charge in [-0.3, -0.25) is 0 Å². The van der Waals surface area contributed by atoms with E-state index in [4.69, 9.17) is 0 Å². The molecule has 12 aromatic carbocycles. The summed E-state index contributed by atoms with van der Waals surface area (Å²) in [5, 5.41) is 15.7. The molecule has 0 aliphatic rings. The van der Waals surface area contributed by atoms with Gasteiger partial charge in [-0.2, -0.15) is 0 Å². The molecule has 372 valence electrons. The van der Waals surface area contributed by atoms with Crippen LogP contribution in [0.15, 0.2) is 271 Å². The third kappa shape index (κ3) is 7.31. The molecule has 0 aliphatic carbocycles. The quantitative estimate of drug-likeness (QED) is 0.183. The molecule has 18 rings (SSSR count). The van der Waals surface area contributed by atoms with Gasteiger partial charge in [0.05, 0.1) is 33.1 Å². The lowest BCUT2D eigenvalue weighted by atomic mass is 10.1. The molecule has 6 aromatic heterocycles. The molecule has 6 heterocycles. The van der Waals surface area contributed by atoms with Gasteiger partial charge in [-0.15, -0.1) is 22.7 Å². The van der Waals surface area contributed by atoms with Gasteiger partial charge in [0, 0.05) is 116 Å². The zero-order valence-electron chi connectivity index (χ0n) is 42.4. The molecular formula is C72H45BrN4S2. The average molecular weight is 1110 g/mol. The van der Waals surface area contributed by atoms with Crippen LogP contribution < -0.4 is 0 Å². The molecular weight excluding hydrogens is 1060 g/mol. The smallest absolute Gasteiger partial charge is 0.0548 e. The molecule has 0 fully saturated rings. The molecule has 1 N–H and O–H groups in total. The van der Waals surface area contributed by atoms with E-state index in [0.29, 0.717) is 0 Å². The van der Waals surface area contributed by atoms with Gasteiger partial charge in [0.2, 0.25) is 0 Å². The first-order chi connectivity index (χ1) is 39.1. The van der Waals surface area contributed by atoms with Gasteiger partial charge in [0.25, 0.3) is 0 Å². The predicted octanol–water partition coefficient (Wildman–Crippen LogP) is 21.5. The molecule has 0 saturated carbocycles. The van der Waals surface area contributed by atoms with E-state index in [9.17, 15) is 0 Å². The topological polar surface area (TPSA) is 30.6 Å². The van der Waals surface area contributed by atoms with E-state index in [-0.39, 0.29) is 0 Å². The van der Waals surface area contributed by atoms with Gasteiger partial charge >= 0.3 is 0 Å². The van der Waals surface area contributed by atoms with Crippen LogP contribution in [0.4, 0.5) is 0 Å². The summed E-state index contributed by atoms with van der Waals surface area (Å²) in [5.74, 6) is 0. The first kappa shape index (κ1) is 45.9. The van der Waals surface area contributed by atoms with Crippen LogP contribution in [0.5, 0.6) is 0 Å². The molecule has 0 amide bonds. The Morgan fingerprint density at radius 1 is 0.253 bits per heavy atom. The molecule has 4 nitrogen and oxygen atoms in total. The van der Waals surface area contributed by atoms with Crippen LogP contribution in [0.2, 0.25) is 0 Å². The second kappa shape index (κ2) is 18.5. The fourth-order valence-corrected chi connectivity index (χ4v) is 15.0. The Bertz CT molecular complexity index is 5400. The van der Waals surface area contributed by atoms with E-state index in [1.165, 1.54) is 145 Å². The first-order valence-electron chi connectivity index (χ1n) is 26.6. The molecule has 0 spiro atoms. The lowest BCUT2D eigenvalue weighted by Gasteiger charge is -2.09. The lowest BCUT2D eigenvalue weighted by Crippen LogP contribution is -1.94. The maximum absolute atomic E-state index is 3.57. The van der Waals surface area contributed by atoms with Crippen molar-refractivity contribution in [1.29, 1.82) is 0 Å². The fraction of sp³-hybridized carbons (Fsp3) is 0. The summed E-state index contributed by atoms with van der Waals surface area (Å²) >= 11 is 7.22. The van der Waals surface area contributed by atoms with Crippen LogP contribution in [0.3, 0.4) is 0 Å². The van der Waals surface area contributed by atoms with Crippen molar-refractivity contribution in [3.05, 3.63) is 271 Å². The Hall–Kier alpha value is -9.24. The number of benzene rings is 12. The molecule has 0 atom stereocenters. The summed E-state index contributed by atoms with van der Waals surface area (Å²) in [6, 6.07) is 95.9. The maximum atomic E-state index is 3.57. The summed E-state index contributed by atoms with van der Waals surface area (Å²) in [4.78, 5) is 3.57. The SMILES string of the molecule is Brc1ccc2sc3ccccc3c2c1.c1ccc(-n2c3ccccc3c3c4c(ccc32)[nH]c2ccccc24)cc1.c1ccc(-n2c3ccccc3c3c4c5ccccc5n(-c5ccc6sc7ccccc7c6c5)c4ccc32)cc1. The Morgan fingerprint density at radius 3 is 1.19 bits per heavy atom. The largest absolute Gasteiger partial charge is 0.354 e. The highest BCUT2D eigenvalue weighted by Gasteiger charge is 2.21. The minimum Gasteiger partial charge on any atom is -0.354 e. The molecule has 79 heavy (non-hydrogen) atoms. The van der Waals surface area contributed by atoms with Crippen molar-refractivity contribution >= 4 is 166 Å². The van der Waals surface area contributed by atoms with E-state index in [1.54, 1.807) is 0 Å². The van der Waals surface area contributed by atoms with Crippen molar-refractivity contribution < 1.29 is 0 Å². The zero-order chi connectivity index (χ0) is 52.1. The summed E-state index contributed by atoms with van der Waals surface area (Å²) in [6.45, 7) is 0. The van der Waals surface area contributed by atoms with Crippen molar-refractivity contribution in [3.63, 3.8) is 0 Å². The predicted molar refractivity (Wildman–Crippen MR) is 345 cm³/mol. The number of hydrogen-bond donors (Lipinski definition) is 1. The number of aromatic amines is 1. The Morgan fingerprint density at radius 2 is 0.646 bits per heavy atom. The summed E-state index contributed by atoms with van der Waals surface area (Å²) in [7, 11) is 0. The summed E-state index contributed by atoms with van der Waals surface area (Å²) in [6.07, 6.45) is 0. The third-order valence-corrected chi connectivity index (χ3v) is 18.6. The van der Waals surface area contributed by atoms with Crippen LogP contribution in [-0.2, 0) is 0 Å². The number of H-pyrrole nitrogens is 1. The number of hydrogen-bond acceptors (Lipinski definition) is 2. The summed E-state index contributed by atoms with van der Waals surface area (Å²) in [5.41, 5.74) is 13.4. The number of thiophene rings is 2. The van der Waals surface area contributed by atoms with Crippen LogP contribution >= 0.6 is 38.6 Å². The zero-order valence-corrected chi connectivity index (χ0v) is 45.7. The first-order valence-corrected chi connectivity index (χ1v) is 29.0. The van der Waals surface area contributed by atoms with Crippen molar-refractivity contribution in [2.45, 2.75) is 0 Å². The Labute approximate surface area is 470 Å². The van der Waals surface area contributed by atoms with E-state index < -0.39 is 0 Å². The Balaban J connectivity index is 0.000000111. The second-order valence-electron chi connectivity index (χ2n) is 20.2. The highest BCUT2D eigenvalue weighted by molar-refractivity contribution is 9.10. The number of rotatable bonds is 3. The highest BCUT2D eigenvalue weighted by Crippen LogP contribution is 2.45. The van der Waals surface area contributed by atoms with Crippen LogP contribution in [0.1, 0.15) is 0 Å². The molecule has 0 saturated heterocycles. The van der Waals surface area contributed by atoms with Gasteiger partial charge in [-0.1, -0.05) is 162 Å². The van der Waals surface area contributed by atoms with Crippen LogP contribution in [-0.4, -0.2) is 18.7 Å². The fourth-order valence-electron chi connectivity index (χ4n) is 12.5. The van der Waals surface area contributed by atoms with Crippen molar-refractivity contribution in [3.8, 4) is 17.1 Å². The van der Waals surface area contributed by atoms with E-state index in [0.717, 1.165) is 4.47 Å². The monoisotopic (exact) mass is 1110 g/mol. The van der Waals surface area contributed by atoms with Gasteiger partial charge in [0.1, 0.15) is 0 Å². The van der Waals surface area contributed by atoms with Gasteiger partial charge in [0.15, 0.2) is 0 Å². The second-order valence-corrected chi connectivity index (χ2v) is 23.2. The molecule has 0 aliphatic heterocycles. The highest BCUT2D eigenvalue weighted by atomic mass is 79.9. The average Bonchev–Trinajstić information content (AvgIpc) is 4.53. The number of fused-ring (bicyclic) bond motifs is 20. The van der Waals surface area contributed by atoms with Crippen molar-refractivity contribution in [2.24, 2.45) is 0 Å². The van der Waals surface area contributed by atoms with E-state index >= 15 is 0 Å².